The number of likely N-dealkylation sites (tertiary alicyclic amines) is 1. The van der Waals surface area contributed by atoms with E-state index in [1.807, 2.05) is 0 Å². The van der Waals surface area contributed by atoms with E-state index < -0.39 is 0 Å². The van der Waals surface area contributed by atoms with Gasteiger partial charge in [-0.15, -0.1) is 0 Å². The summed E-state index contributed by atoms with van der Waals surface area (Å²) in [5, 5.41) is 3.66. The molecule has 2 heteroatoms. The zero-order valence-corrected chi connectivity index (χ0v) is 11.1. The van der Waals surface area contributed by atoms with Crippen molar-refractivity contribution in [2.75, 3.05) is 19.6 Å². The summed E-state index contributed by atoms with van der Waals surface area (Å²) >= 11 is 0. The summed E-state index contributed by atoms with van der Waals surface area (Å²) < 4.78 is 0. The predicted molar refractivity (Wildman–Crippen MR) is 67.2 cm³/mol. The molecular formula is C13H28N2. The van der Waals surface area contributed by atoms with Gasteiger partial charge in [0.05, 0.1) is 0 Å². The highest BCUT2D eigenvalue weighted by atomic mass is 15.2. The molecule has 2 nitrogen and oxygen atoms in total. The summed E-state index contributed by atoms with van der Waals surface area (Å²) in [5.74, 6) is 0.695. The van der Waals surface area contributed by atoms with Crippen molar-refractivity contribution in [3.63, 3.8) is 0 Å². The van der Waals surface area contributed by atoms with Gasteiger partial charge in [0.2, 0.25) is 0 Å². The molecule has 0 aromatic rings. The van der Waals surface area contributed by atoms with E-state index in [-0.39, 0.29) is 0 Å². The van der Waals surface area contributed by atoms with Gasteiger partial charge in [0.1, 0.15) is 0 Å². The van der Waals surface area contributed by atoms with Crippen LogP contribution in [0.3, 0.4) is 0 Å². The van der Waals surface area contributed by atoms with Gasteiger partial charge < -0.3 is 5.32 Å². The number of rotatable bonds is 5. The lowest BCUT2D eigenvalue weighted by Gasteiger charge is -2.44. The maximum atomic E-state index is 3.66. The Morgan fingerprint density at radius 1 is 1.20 bits per heavy atom. The number of nitrogens with one attached hydrogen (secondary N) is 1. The quantitative estimate of drug-likeness (QED) is 0.753. The molecule has 1 heterocycles. The first kappa shape index (κ1) is 13.0. The fraction of sp³-hybridized carbons (Fsp3) is 1.00. The van der Waals surface area contributed by atoms with E-state index in [9.17, 15) is 0 Å². The van der Waals surface area contributed by atoms with Crippen molar-refractivity contribution in [1.29, 1.82) is 0 Å². The van der Waals surface area contributed by atoms with Gasteiger partial charge >= 0.3 is 0 Å². The van der Waals surface area contributed by atoms with Gasteiger partial charge in [0, 0.05) is 11.6 Å². The van der Waals surface area contributed by atoms with Crippen molar-refractivity contribution < 1.29 is 0 Å². The Morgan fingerprint density at radius 2 is 1.73 bits per heavy atom. The zero-order valence-electron chi connectivity index (χ0n) is 11.1. The number of hydrogen-bond donors (Lipinski definition) is 1. The standard InChI is InChI=1S/C13H28N2/c1-6-14-12(11(2)3)13(4,5)15-9-7-8-10-15/h11-12,14H,6-10H2,1-5H3. The first-order valence-electron chi connectivity index (χ1n) is 6.48. The van der Waals surface area contributed by atoms with Crippen molar-refractivity contribution >= 4 is 0 Å². The van der Waals surface area contributed by atoms with Crippen LogP contribution in [0.1, 0.15) is 47.5 Å². The first-order valence-corrected chi connectivity index (χ1v) is 6.48. The average molecular weight is 212 g/mol. The van der Waals surface area contributed by atoms with Crippen molar-refractivity contribution in [1.82, 2.24) is 10.2 Å². The van der Waals surface area contributed by atoms with Crippen molar-refractivity contribution in [2.45, 2.75) is 59.0 Å². The van der Waals surface area contributed by atoms with E-state index in [0.717, 1.165) is 6.54 Å². The molecule has 0 aliphatic carbocycles. The molecule has 90 valence electrons. The Labute approximate surface area is 95.4 Å². The van der Waals surface area contributed by atoms with Crippen LogP contribution < -0.4 is 5.32 Å². The smallest absolute Gasteiger partial charge is 0.0308 e. The van der Waals surface area contributed by atoms with Crippen LogP contribution in [-0.4, -0.2) is 36.1 Å². The molecule has 0 aromatic carbocycles. The van der Waals surface area contributed by atoms with E-state index in [1.165, 1.54) is 25.9 Å². The molecule has 0 spiro atoms. The Hall–Kier alpha value is -0.0800. The minimum absolute atomic E-state index is 0.292. The molecular weight excluding hydrogens is 184 g/mol. The Kier molecular flexibility index (Phi) is 4.60. The second-order valence-electron chi connectivity index (χ2n) is 5.63. The van der Waals surface area contributed by atoms with Crippen molar-refractivity contribution in [3.8, 4) is 0 Å². The monoisotopic (exact) mass is 212 g/mol. The minimum Gasteiger partial charge on any atom is -0.312 e. The fourth-order valence-electron chi connectivity index (χ4n) is 3.01. The van der Waals surface area contributed by atoms with E-state index >= 15 is 0 Å². The van der Waals surface area contributed by atoms with E-state index in [1.54, 1.807) is 0 Å². The molecule has 0 aromatic heterocycles. The van der Waals surface area contributed by atoms with E-state index in [0.29, 0.717) is 17.5 Å². The number of nitrogens with zero attached hydrogens (tertiary/aromatic N) is 1. The van der Waals surface area contributed by atoms with E-state index in [4.69, 9.17) is 0 Å². The zero-order chi connectivity index (χ0) is 11.5. The van der Waals surface area contributed by atoms with Gasteiger partial charge in [-0.2, -0.15) is 0 Å². The summed E-state index contributed by atoms with van der Waals surface area (Å²) in [7, 11) is 0. The summed E-state index contributed by atoms with van der Waals surface area (Å²) in [6.07, 6.45) is 2.75. The summed E-state index contributed by atoms with van der Waals surface area (Å²) in [6.45, 7) is 15.3. The number of likely N-dealkylation sites (N-methyl/N-ethyl adjacent to an activating group) is 1. The maximum Gasteiger partial charge on any atom is 0.0308 e. The number of hydrogen-bond acceptors (Lipinski definition) is 2. The molecule has 0 saturated carbocycles. The predicted octanol–water partition coefficient (Wildman–Crippen LogP) is 2.49. The molecule has 1 aliphatic rings. The average Bonchev–Trinajstić information content (AvgIpc) is 2.66. The molecule has 1 saturated heterocycles. The lowest BCUT2D eigenvalue weighted by Crippen LogP contribution is -2.59. The third kappa shape index (κ3) is 2.94. The summed E-state index contributed by atoms with van der Waals surface area (Å²) in [4.78, 5) is 2.65. The molecule has 1 fully saturated rings. The lowest BCUT2D eigenvalue weighted by atomic mass is 9.84. The second-order valence-corrected chi connectivity index (χ2v) is 5.63. The van der Waals surface area contributed by atoms with E-state index in [2.05, 4.69) is 44.8 Å². The Bertz CT molecular complexity index is 181. The Balaban J connectivity index is 2.69. The highest BCUT2D eigenvalue weighted by Gasteiger charge is 2.37. The van der Waals surface area contributed by atoms with Crippen LogP contribution in [0.2, 0.25) is 0 Å². The van der Waals surface area contributed by atoms with Crippen LogP contribution in [-0.2, 0) is 0 Å². The molecule has 0 amide bonds. The van der Waals surface area contributed by atoms with Crippen LogP contribution >= 0.6 is 0 Å². The van der Waals surface area contributed by atoms with Gasteiger partial charge in [0.15, 0.2) is 0 Å². The van der Waals surface area contributed by atoms with Crippen LogP contribution in [0.15, 0.2) is 0 Å². The first-order chi connectivity index (χ1) is 7.00. The maximum absolute atomic E-state index is 3.66. The van der Waals surface area contributed by atoms with Gasteiger partial charge in [-0.3, -0.25) is 4.90 Å². The summed E-state index contributed by atoms with van der Waals surface area (Å²) in [5.41, 5.74) is 0.292. The fourth-order valence-corrected chi connectivity index (χ4v) is 3.01. The van der Waals surface area contributed by atoms with Crippen LogP contribution in [0.4, 0.5) is 0 Å². The largest absolute Gasteiger partial charge is 0.312 e. The van der Waals surface area contributed by atoms with Crippen LogP contribution in [0, 0.1) is 5.92 Å². The third-order valence-electron chi connectivity index (χ3n) is 3.77. The van der Waals surface area contributed by atoms with Gasteiger partial charge in [0.25, 0.3) is 0 Å². The Morgan fingerprint density at radius 3 is 2.13 bits per heavy atom. The molecule has 1 N–H and O–H groups in total. The molecule has 1 aliphatic heterocycles. The topological polar surface area (TPSA) is 15.3 Å². The lowest BCUT2D eigenvalue weighted by molar-refractivity contribution is 0.0859. The van der Waals surface area contributed by atoms with Crippen molar-refractivity contribution in [2.24, 2.45) is 5.92 Å². The van der Waals surface area contributed by atoms with Crippen LogP contribution in [0.25, 0.3) is 0 Å². The van der Waals surface area contributed by atoms with Crippen LogP contribution in [0.5, 0.6) is 0 Å². The molecule has 0 radical (unpaired) electrons. The minimum atomic E-state index is 0.292. The van der Waals surface area contributed by atoms with Gasteiger partial charge in [-0.25, -0.2) is 0 Å². The highest BCUT2D eigenvalue weighted by Crippen LogP contribution is 2.27. The summed E-state index contributed by atoms with van der Waals surface area (Å²) in [6, 6.07) is 0.598. The SMILES string of the molecule is CCNC(C(C)C)C(C)(C)N1CCCC1. The normalized spacial score (nSPS) is 21.2. The molecule has 15 heavy (non-hydrogen) atoms. The highest BCUT2D eigenvalue weighted by molar-refractivity contribution is 4.96. The molecule has 1 atom stereocenters. The van der Waals surface area contributed by atoms with Gasteiger partial charge in [-0.05, 0) is 52.2 Å². The van der Waals surface area contributed by atoms with Gasteiger partial charge in [-0.1, -0.05) is 20.8 Å². The molecule has 1 rings (SSSR count). The van der Waals surface area contributed by atoms with Crippen molar-refractivity contribution in [3.05, 3.63) is 0 Å². The molecule has 0 bridgehead atoms. The second kappa shape index (κ2) is 5.31. The molecule has 1 unspecified atom stereocenters. The third-order valence-corrected chi connectivity index (χ3v) is 3.77.